The Hall–Kier alpha value is -3.38. The first-order valence-corrected chi connectivity index (χ1v) is 8.95. The first-order chi connectivity index (χ1) is 13.3. The summed E-state index contributed by atoms with van der Waals surface area (Å²) in [6, 6.07) is 12.2. The summed E-state index contributed by atoms with van der Waals surface area (Å²) in [7, 11) is 0. The summed E-state index contributed by atoms with van der Waals surface area (Å²) in [5, 5.41) is 11.2. The number of allylic oxidation sites excluding steroid dienone is 1. The molecule has 0 aliphatic carbocycles. The molecule has 0 fully saturated rings. The zero-order chi connectivity index (χ0) is 20.0. The molecule has 0 atom stereocenters. The number of nitrogens with zero attached hydrogens (tertiary/aromatic N) is 2. The molecular weight excluding hydrogens is 378 g/mol. The van der Waals surface area contributed by atoms with Crippen molar-refractivity contribution < 1.29 is 5.11 Å². The van der Waals surface area contributed by atoms with Gasteiger partial charge in [-0.2, -0.15) is 0 Å². The number of aliphatic imine (C=N–C) groups is 1. The van der Waals surface area contributed by atoms with E-state index in [9.17, 15) is 14.7 Å². The third-order valence-corrected chi connectivity index (χ3v) is 4.87. The molecule has 4 rings (SSSR count). The number of hydrogen-bond acceptors (Lipinski definition) is 4. The van der Waals surface area contributed by atoms with E-state index >= 15 is 0 Å². The van der Waals surface area contributed by atoms with Crippen molar-refractivity contribution in [2.75, 3.05) is 0 Å². The van der Waals surface area contributed by atoms with Crippen LogP contribution >= 0.6 is 11.6 Å². The Morgan fingerprint density at radius 1 is 1.11 bits per heavy atom. The van der Waals surface area contributed by atoms with Crippen LogP contribution in [0.2, 0.25) is 5.02 Å². The van der Waals surface area contributed by atoms with Gasteiger partial charge in [-0.15, -0.1) is 0 Å². The van der Waals surface area contributed by atoms with Crippen LogP contribution in [0.15, 0.2) is 57.0 Å². The number of benzene rings is 2. The van der Waals surface area contributed by atoms with Crippen LogP contribution in [-0.2, 0) is 0 Å². The molecule has 2 heterocycles. The van der Waals surface area contributed by atoms with Gasteiger partial charge in [0, 0.05) is 21.9 Å². The topological polar surface area (TPSA) is 87.4 Å². The van der Waals surface area contributed by atoms with Gasteiger partial charge >= 0.3 is 5.69 Å². The lowest BCUT2D eigenvalue weighted by atomic mass is 9.99. The summed E-state index contributed by atoms with van der Waals surface area (Å²) in [4.78, 5) is 31.5. The largest absolute Gasteiger partial charge is 0.494 e. The van der Waals surface area contributed by atoms with Crippen molar-refractivity contribution in [1.29, 1.82) is 0 Å². The SMILES string of the molecule is CC1=Nc2ccc(C)cc2/C1=C\c1c(O)n(-c2ccc(Cl)cc2)c(=O)[nH]c1=O. The maximum Gasteiger partial charge on any atom is 0.335 e. The Balaban J connectivity index is 1.94. The highest BCUT2D eigenvalue weighted by Gasteiger charge is 2.21. The number of hydrogen-bond donors (Lipinski definition) is 2. The molecule has 0 radical (unpaired) electrons. The Kier molecular flexibility index (Phi) is 4.28. The molecule has 1 aliphatic heterocycles. The second-order valence-electron chi connectivity index (χ2n) is 6.58. The van der Waals surface area contributed by atoms with Crippen LogP contribution in [0.25, 0.3) is 17.3 Å². The summed E-state index contributed by atoms with van der Waals surface area (Å²) in [6.07, 6.45) is 1.56. The van der Waals surface area contributed by atoms with Crippen molar-refractivity contribution in [3.8, 4) is 11.6 Å². The molecule has 7 heteroatoms. The molecule has 0 saturated heterocycles. The normalized spacial score (nSPS) is 14.2. The highest BCUT2D eigenvalue weighted by molar-refractivity contribution is 6.31. The Morgan fingerprint density at radius 3 is 2.54 bits per heavy atom. The van der Waals surface area contributed by atoms with Gasteiger partial charge in [-0.1, -0.05) is 23.2 Å². The fourth-order valence-corrected chi connectivity index (χ4v) is 3.35. The minimum atomic E-state index is -0.736. The van der Waals surface area contributed by atoms with Crippen LogP contribution < -0.4 is 11.2 Å². The molecule has 140 valence electrons. The zero-order valence-electron chi connectivity index (χ0n) is 15.2. The van der Waals surface area contributed by atoms with Gasteiger partial charge in [-0.3, -0.25) is 14.8 Å². The molecular formula is C21H16ClN3O3. The number of nitrogens with one attached hydrogen (secondary N) is 1. The summed E-state index contributed by atoms with van der Waals surface area (Å²) >= 11 is 5.89. The lowest BCUT2D eigenvalue weighted by Gasteiger charge is -2.11. The summed E-state index contributed by atoms with van der Waals surface area (Å²) in [5.41, 5.74) is 3.14. The van der Waals surface area contributed by atoms with Crippen molar-refractivity contribution in [3.63, 3.8) is 0 Å². The number of halogens is 1. The van der Waals surface area contributed by atoms with Gasteiger partial charge in [-0.05, 0) is 56.3 Å². The molecule has 2 N–H and O–H groups in total. The fourth-order valence-electron chi connectivity index (χ4n) is 3.22. The molecule has 1 aromatic heterocycles. The van der Waals surface area contributed by atoms with Crippen molar-refractivity contribution in [2.24, 2.45) is 4.99 Å². The Labute approximate surface area is 165 Å². The van der Waals surface area contributed by atoms with Crippen LogP contribution in [0, 0.1) is 6.92 Å². The molecule has 0 bridgehead atoms. The van der Waals surface area contributed by atoms with Crippen LogP contribution in [0.4, 0.5) is 5.69 Å². The van der Waals surface area contributed by atoms with Gasteiger partial charge in [0.1, 0.15) is 5.56 Å². The predicted molar refractivity (Wildman–Crippen MR) is 111 cm³/mol. The second kappa shape index (κ2) is 6.65. The summed E-state index contributed by atoms with van der Waals surface area (Å²) in [5.74, 6) is -0.447. The van der Waals surface area contributed by atoms with E-state index in [2.05, 4.69) is 9.98 Å². The predicted octanol–water partition coefficient (Wildman–Crippen LogP) is 3.84. The van der Waals surface area contributed by atoms with Crippen molar-refractivity contribution in [1.82, 2.24) is 9.55 Å². The van der Waals surface area contributed by atoms with Gasteiger partial charge in [0.25, 0.3) is 5.56 Å². The monoisotopic (exact) mass is 393 g/mol. The van der Waals surface area contributed by atoms with E-state index in [1.54, 1.807) is 30.3 Å². The maximum absolute atomic E-state index is 12.4. The van der Waals surface area contributed by atoms with Gasteiger partial charge in [0.15, 0.2) is 0 Å². The second-order valence-corrected chi connectivity index (χ2v) is 7.02. The van der Waals surface area contributed by atoms with Gasteiger partial charge in [0.05, 0.1) is 11.4 Å². The number of aromatic amines is 1. The number of aromatic nitrogens is 2. The van der Waals surface area contributed by atoms with Crippen molar-refractivity contribution >= 4 is 34.6 Å². The molecule has 0 unspecified atom stereocenters. The van der Waals surface area contributed by atoms with E-state index in [0.29, 0.717) is 10.7 Å². The molecule has 1 aliphatic rings. The van der Waals surface area contributed by atoms with Crippen LogP contribution in [0.5, 0.6) is 5.88 Å². The third-order valence-electron chi connectivity index (χ3n) is 4.61. The third kappa shape index (κ3) is 2.97. The molecule has 0 saturated carbocycles. The Bertz CT molecular complexity index is 1280. The number of aryl methyl sites for hydroxylation is 1. The fraction of sp³-hybridized carbons (Fsp3) is 0.0952. The van der Waals surface area contributed by atoms with E-state index < -0.39 is 17.1 Å². The highest BCUT2D eigenvalue weighted by atomic mass is 35.5. The lowest BCUT2D eigenvalue weighted by Crippen LogP contribution is -2.30. The van der Waals surface area contributed by atoms with E-state index in [4.69, 9.17) is 11.6 Å². The molecule has 6 nitrogen and oxygen atoms in total. The average molecular weight is 394 g/mol. The summed E-state index contributed by atoms with van der Waals surface area (Å²) < 4.78 is 1.03. The van der Waals surface area contributed by atoms with E-state index in [1.807, 2.05) is 32.0 Å². The molecule has 0 amide bonds. The molecule has 2 aromatic carbocycles. The zero-order valence-corrected chi connectivity index (χ0v) is 15.9. The minimum absolute atomic E-state index is 0.0199. The van der Waals surface area contributed by atoms with E-state index in [0.717, 1.165) is 32.7 Å². The van der Waals surface area contributed by atoms with Crippen LogP contribution in [0.1, 0.15) is 23.6 Å². The number of H-pyrrole nitrogens is 1. The van der Waals surface area contributed by atoms with Gasteiger partial charge in [-0.25, -0.2) is 9.36 Å². The van der Waals surface area contributed by atoms with Crippen LogP contribution in [0.3, 0.4) is 0 Å². The molecule has 28 heavy (non-hydrogen) atoms. The minimum Gasteiger partial charge on any atom is -0.494 e. The number of aromatic hydroxyl groups is 1. The van der Waals surface area contributed by atoms with E-state index in [-0.39, 0.29) is 5.56 Å². The Morgan fingerprint density at radius 2 is 1.82 bits per heavy atom. The summed E-state index contributed by atoms with van der Waals surface area (Å²) in [6.45, 7) is 3.80. The smallest absolute Gasteiger partial charge is 0.335 e. The van der Waals surface area contributed by atoms with Gasteiger partial charge < -0.3 is 5.11 Å². The van der Waals surface area contributed by atoms with Crippen LogP contribution in [-0.4, -0.2) is 20.4 Å². The van der Waals surface area contributed by atoms with E-state index in [1.165, 1.54) is 0 Å². The molecule has 3 aromatic rings. The average Bonchev–Trinajstić information content (AvgIpc) is 2.94. The maximum atomic E-state index is 12.4. The first-order valence-electron chi connectivity index (χ1n) is 8.58. The standard InChI is InChI=1S/C21H16ClN3O3/c1-11-3-8-18-16(9-11)15(12(2)23-18)10-17-19(26)24-21(28)25(20(17)27)14-6-4-13(22)5-7-14/h3-10,27H,1-2H3,(H,24,26,28)/b15-10-. The van der Waals surface area contributed by atoms with Gasteiger partial charge in [0.2, 0.25) is 5.88 Å². The molecule has 0 spiro atoms. The highest BCUT2D eigenvalue weighted by Crippen LogP contribution is 2.37. The first kappa shape index (κ1) is 18.0. The number of rotatable bonds is 2. The lowest BCUT2D eigenvalue weighted by molar-refractivity contribution is 0.429. The van der Waals surface area contributed by atoms with Crippen molar-refractivity contribution in [3.05, 3.63) is 85.0 Å². The number of fused-ring (bicyclic) bond motifs is 1. The van der Waals surface area contributed by atoms with Crippen molar-refractivity contribution in [2.45, 2.75) is 13.8 Å². The quantitative estimate of drug-likeness (QED) is 0.693.